The average Bonchev–Trinajstić information content (AvgIpc) is 2.59. The third kappa shape index (κ3) is 3.68. The summed E-state index contributed by atoms with van der Waals surface area (Å²) in [5, 5.41) is 0.407. The van der Waals surface area contributed by atoms with Crippen LogP contribution in [0.1, 0.15) is 13.8 Å². The molecule has 0 aromatic carbocycles. The Morgan fingerprint density at radius 3 is 2.50 bits per heavy atom. The first-order valence-electron chi connectivity index (χ1n) is 5.21. The predicted octanol–water partition coefficient (Wildman–Crippen LogP) is 2.77. The minimum atomic E-state index is -3.50. The quantitative estimate of drug-likeness (QED) is 0.860. The largest absolute Gasteiger partial charge is 0.330 e. The normalized spacial score (nSPS) is 13.3. The number of nitrogens with two attached hydrogens (primary N) is 1. The van der Waals surface area contributed by atoms with E-state index in [4.69, 9.17) is 17.3 Å². The molecule has 0 radical (unpaired) electrons. The standard InChI is InChI=1S/C10H16BrClN2O2S2/c1-10(2,5-13)6-14(3)18(15,16)8-4-7(12)9(11)17-8/h4H,5-6,13H2,1-3H3. The van der Waals surface area contributed by atoms with Crippen LogP contribution < -0.4 is 5.73 Å². The summed E-state index contributed by atoms with van der Waals surface area (Å²) < 4.78 is 26.8. The van der Waals surface area contributed by atoms with Gasteiger partial charge in [0.15, 0.2) is 0 Å². The van der Waals surface area contributed by atoms with Crippen LogP contribution in [-0.2, 0) is 10.0 Å². The van der Waals surface area contributed by atoms with Gasteiger partial charge in [0.1, 0.15) is 4.21 Å². The van der Waals surface area contributed by atoms with Gasteiger partial charge in [0.2, 0.25) is 0 Å². The van der Waals surface area contributed by atoms with E-state index in [2.05, 4.69) is 15.9 Å². The molecule has 0 saturated carbocycles. The molecule has 104 valence electrons. The molecular formula is C10H16BrClN2O2S2. The van der Waals surface area contributed by atoms with Crippen molar-refractivity contribution < 1.29 is 8.42 Å². The van der Waals surface area contributed by atoms with Crippen molar-refractivity contribution in [1.29, 1.82) is 0 Å². The summed E-state index contributed by atoms with van der Waals surface area (Å²) in [6.45, 7) is 4.63. The molecule has 0 amide bonds. The number of hydrogen-bond acceptors (Lipinski definition) is 4. The van der Waals surface area contributed by atoms with Gasteiger partial charge in [-0.25, -0.2) is 8.42 Å². The summed E-state index contributed by atoms with van der Waals surface area (Å²) in [5.41, 5.74) is 5.35. The van der Waals surface area contributed by atoms with Crippen molar-refractivity contribution in [3.63, 3.8) is 0 Å². The molecule has 0 spiro atoms. The van der Waals surface area contributed by atoms with Gasteiger partial charge in [-0.1, -0.05) is 25.4 Å². The molecule has 1 aromatic heterocycles. The Kier molecular flexibility index (Phi) is 5.25. The van der Waals surface area contributed by atoms with E-state index in [1.807, 2.05) is 13.8 Å². The molecule has 0 aliphatic rings. The number of thiophene rings is 1. The number of nitrogens with zero attached hydrogens (tertiary/aromatic N) is 1. The summed E-state index contributed by atoms with van der Waals surface area (Å²) in [4.78, 5) is 0. The van der Waals surface area contributed by atoms with E-state index in [0.29, 0.717) is 21.9 Å². The van der Waals surface area contributed by atoms with Crippen LogP contribution in [0.3, 0.4) is 0 Å². The number of hydrogen-bond donors (Lipinski definition) is 1. The maximum Gasteiger partial charge on any atom is 0.252 e. The Balaban J connectivity index is 3.00. The van der Waals surface area contributed by atoms with Gasteiger partial charge in [-0.2, -0.15) is 4.31 Å². The first-order valence-corrected chi connectivity index (χ1v) is 8.64. The van der Waals surface area contributed by atoms with Crippen molar-refractivity contribution in [3.8, 4) is 0 Å². The monoisotopic (exact) mass is 374 g/mol. The van der Waals surface area contributed by atoms with Crippen LogP contribution in [0.5, 0.6) is 0 Å². The number of sulfonamides is 1. The van der Waals surface area contributed by atoms with Crippen LogP contribution in [-0.4, -0.2) is 32.9 Å². The van der Waals surface area contributed by atoms with Crippen LogP contribution in [0.4, 0.5) is 0 Å². The van der Waals surface area contributed by atoms with Gasteiger partial charge in [0, 0.05) is 13.6 Å². The maximum absolute atomic E-state index is 12.3. The van der Waals surface area contributed by atoms with Crippen LogP contribution in [0.25, 0.3) is 0 Å². The molecule has 0 bridgehead atoms. The lowest BCUT2D eigenvalue weighted by Gasteiger charge is -2.28. The summed E-state index contributed by atoms with van der Waals surface area (Å²) in [5.74, 6) is 0. The van der Waals surface area contributed by atoms with Crippen molar-refractivity contribution in [3.05, 3.63) is 14.9 Å². The van der Waals surface area contributed by atoms with Crippen LogP contribution in [0.2, 0.25) is 5.02 Å². The molecule has 8 heteroatoms. The molecule has 1 aromatic rings. The lowest BCUT2D eigenvalue weighted by Crippen LogP contribution is -2.39. The van der Waals surface area contributed by atoms with E-state index in [1.54, 1.807) is 7.05 Å². The van der Waals surface area contributed by atoms with Crippen LogP contribution >= 0.6 is 38.9 Å². The van der Waals surface area contributed by atoms with E-state index in [1.165, 1.54) is 10.4 Å². The van der Waals surface area contributed by atoms with Gasteiger partial charge < -0.3 is 5.73 Å². The van der Waals surface area contributed by atoms with Crippen LogP contribution in [0.15, 0.2) is 14.1 Å². The Bertz CT molecular complexity index is 508. The predicted molar refractivity (Wildman–Crippen MR) is 79.7 cm³/mol. The Hall–Kier alpha value is 0.340. The molecule has 0 saturated heterocycles. The molecule has 0 aliphatic carbocycles. The Morgan fingerprint density at radius 1 is 1.56 bits per heavy atom. The highest BCUT2D eigenvalue weighted by molar-refractivity contribution is 9.11. The summed E-state index contributed by atoms with van der Waals surface area (Å²) >= 11 is 10.2. The van der Waals surface area contributed by atoms with Crippen molar-refractivity contribution in [2.24, 2.45) is 11.1 Å². The third-order valence-electron chi connectivity index (χ3n) is 2.49. The molecule has 0 fully saturated rings. The van der Waals surface area contributed by atoms with E-state index >= 15 is 0 Å². The molecular weight excluding hydrogens is 360 g/mol. The van der Waals surface area contributed by atoms with Crippen molar-refractivity contribution in [2.45, 2.75) is 18.1 Å². The number of halogens is 2. The fourth-order valence-electron chi connectivity index (χ4n) is 1.36. The van der Waals surface area contributed by atoms with Gasteiger partial charge in [-0.05, 0) is 34.0 Å². The van der Waals surface area contributed by atoms with Crippen molar-refractivity contribution in [1.82, 2.24) is 4.31 Å². The zero-order valence-electron chi connectivity index (χ0n) is 10.4. The molecule has 0 atom stereocenters. The lowest BCUT2D eigenvalue weighted by atomic mass is 9.94. The SMILES string of the molecule is CN(CC(C)(C)CN)S(=O)(=O)c1cc(Cl)c(Br)s1. The fraction of sp³-hybridized carbons (Fsp3) is 0.600. The Labute approximate surface area is 125 Å². The van der Waals surface area contributed by atoms with Crippen molar-refractivity contribution >= 4 is 48.9 Å². The van der Waals surface area contributed by atoms with Gasteiger partial charge >= 0.3 is 0 Å². The molecule has 0 aliphatic heterocycles. The van der Waals surface area contributed by atoms with Gasteiger partial charge in [-0.3, -0.25) is 0 Å². The van der Waals surface area contributed by atoms with E-state index < -0.39 is 10.0 Å². The first-order chi connectivity index (χ1) is 8.10. The second-order valence-electron chi connectivity index (χ2n) is 4.82. The van der Waals surface area contributed by atoms with Crippen molar-refractivity contribution in [2.75, 3.05) is 20.1 Å². The highest BCUT2D eigenvalue weighted by Gasteiger charge is 2.29. The molecule has 1 heterocycles. The third-order valence-corrected chi connectivity index (χ3v) is 7.22. The highest BCUT2D eigenvalue weighted by Crippen LogP contribution is 2.36. The van der Waals surface area contributed by atoms with E-state index in [-0.39, 0.29) is 9.62 Å². The molecule has 0 unspecified atom stereocenters. The van der Waals surface area contributed by atoms with Gasteiger partial charge in [0.05, 0.1) is 8.81 Å². The molecule has 18 heavy (non-hydrogen) atoms. The van der Waals surface area contributed by atoms with E-state index in [9.17, 15) is 8.42 Å². The average molecular weight is 376 g/mol. The minimum absolute atomic E-state index is 0.231. The van der Waals surface area contributed by atoms with E-state index in [0.717, 1.165) is 11.3 Å². The lowest BCUT2D eigenvalue weighted by molar-refractivity contribution is 0.292. The first kappa shape index (κ1) is 16.4. The summed E-state index contributed by atoms with van der Waals surface area (Å²) in [6.07, 6.45) is 0. The molecule has 4 nitrogen and oxygen atoms in total. The number of rotatable bonds is 5. The minimum Gasteiger partial charge on any atom is -0.330 e. The second-order valence-corrected chi connectivity index (χ2v) is 9.87. The summed E-state index contributed by atoms with van der Waals surface area (Å²) in [6, 6.07) is 1.46. The zero-order valence-corrected chi connectivity index (χ0v) is 14.4. The smallest absolute Gasteiger partial charge is 0.252 e. The van der Waals surface area contributed by atoms with Gasteiger partial charge in [-0.15, -0.1) is 11.3 Å². The maximum atomic E-state index is 12.3. The molecule has 2 N–H and O–H groups in total. The topological polar surface area (TPSA) is 63.4 Å². The fourth-order valence-corrected chi connectivity index (χ4v) is 5.33. The Morgan fingerprint density at radius 2 is 2.11 bits per heavy atom. The molecule has 1 rings (SSSR count). The second kappa shape index (κ2) is 5.76. The summed E-state index contributed by atoms with van der Waals surface area (Å²) in [7, 11) is -1.95. The van der Waals surface area contributed by atoms with Crippen LogP contribution in [0, 0.1) is 5.41 Å². The zero-order chi connectivity index (χ0) is 14.1. The van der Waals surface area contributed by atoms with Gasteiger partial charge in [0.25, 0.3) is 10.0 Å². The highest BCUT2D eigenvalue weighted by atomic mass is 79.9.